The molecule has 3 rings (SSSR count). The number of carbonyl (C=O) groups excluding carboxylic acids is 1. The summed E-state index contributed by atoms with van der Waals surface area (Å²) in [6, 6.07) is 6.65. The Kier molecular flexibility index (Phi) is 8.95. The fourth-order valence-electron chi connectivity index (χ4n) is 4.02. The molecule has 1 aromatic rings. The first kappa shape index (κ1) is 25.3. The van der Waals surface area contributed by atoms with Crippen LogP contribution in [-0.2, 0) is 35.0 Å². The van der Waals surface area contributed by atoms with E-state index in [1.807, 2.05) is 0 Å². The third-order valence-corrected chi connectivity index (χ3v) is 5.84. The van der Waals surface area contributed by atoms with Crippen molar-refractivity contribution < 1.29 is 49.0 Å². The lowest BCUT2D eigenvalue weighted by Crippen LogP contribution is -2.63. The molecule has 0 radical (unpaired) electrons. The smallest absolute Gasteiger partial charge is 0.303 e. The molecule has 0 saturated carbocycles. The summed E-state index contributed by atoms with van der Waals surface area (Å²) in [5.41, 5.74) is 1.25. The Balaban J connectivity index is 1.55. The molecule has 182 valence electrons. The highest BCUT2D eigenvalue weighted by Crippen LogP contribution is 2.32. The topological polar surface area (TPSA) is 152 Å². The molecule has 1 aromatic carbocycles. The molecular weight excluding hydrogens is 436 g/mol. The van der Waals surface area contributed by atoms with Gasteiger partial charge in [-0.1, -0.05) is 18.2 Å². The van der Waals surface area contributed by atoms with Crippen LogP contribution >= 0.6 is 0 Å². The quantitative estimate of drug-likeness (QED) is 0.287. The van der Waals surface area contributed by atoms with Crippen LogP contribution in [0.15, 0.2) is 35.9 Å². The average Bonchev–Trinajstić information content (AvgIpc) is 2.79. The molecule has 0 bridgehead atoms. The lowest BCUT2D eigenvalue weighted by atomic mass is 9.91. The predicted molar refractivity (Wildman–Crippen MR) is 113 cm³/mol. The van der Waals surface area contributed by atoms with Crippen LogP contribution in [0.4, 0.5) is 0 Å². The summed E-state index contributed by atoms with van der Waals surface area (Å²) in [6.45, 7) is 1.91. The summed E-state index contributed by atoms with van der Waals surface area (Å²) in [5, 5.41) is 39.6. The van der Waals surface area contributed by atoms with Crippen molar-refractivity contribution in [3.05, 3.63) is 41.5 Å². The number of carbonyl (C=O) groups is 2. The van der Waals surface area contributed by atoms with Crippen LogP contribution in [0, 0.1) is 5.92 Å². The van der Waals surface area contributed by atoms with E-state index in [1.165, 1.54) is 0 Å². The highest BCUT2D eigenvalue weighted by Gasteiger charge is 2.49. The van der Waals surface area contributed by atoms with Crippen LogP contribution in [0.2, 0.25) is 0 Å². The number of aromatic hydroxyl groups is 1. The normalized spacial score (nSPS) is 30.9. The molecule has 7 atom stereocenters. The standard InChI is InChI=1S/C23H30O10/c1-2-14(11-24)15(9-18(26)27)10-19-31-12-17-22(33-19)20(28)21(29)23(32-17)30-8-7-13-3-5-16(25)6-4-13/h2-6,11,15,17,19-23,25,28-29H,7-10,12H2,1H3,(H,26,27)/b14-2-/t15?,17-,19-,20-,21-,22-,23-/m1/s1. The van der Waals surface area contributed by atoms with Crippen molar-refractivity contribution in [3.63, 3.8) is 0 Å². The zero-order valence-corrected chi connectivity index (χ0v) is 18.3. The number of phenolic OH excluding ortho intramolecular Hbond substituents is 1. The van der Waals surface area contributed by atoms with Gasteiger partial charge in [0.05, 0.1) is 19.6 Å². The van der Waals surface area contributed by atoms with Gasteiger partial charge in [0.25, 0.3) is 0 Å². The SMILES string of the molecule is C/C=C(/C=O)C(CC(=O)O)C[C@@H]1OC[C@H]2O[C@@H](OCCc3ccc(O)cc3)[C@H](O)[C@@H](O)[C@@H]2O1. The summed E-state index contributed by atoms with van der Waals surface area (Å²) in [4.78, 5) is 22.5. The monoisotopic (exact) mass is 466 g/mol. The number of aliphatic carboxylic acids is 1. The second-order valence-electron chi connectivity index (χ2n) is 8.11. The first-order chi connectivity index (χ1) is 15.8. The average molecular weight is 466 g/mol. The number of phenols is 1. The number of hydrogen-bond acceptors (Lipinski definition) is 9. The van der Waals surface area contributed by atoms with Crippen molar-refractivity contribution in [1.29, 1.82) is 0 Å². The summed E-state index contributed by atoms with van der Waals surface area (Å²) in [5.74, 6) is -1.51. The summed E-state index contributed by atoms with van der Waals surface area (Å²) >= 11 is 0. The number of ether oxygens (including phenoxy) is 4. The number of carboxylic acids is 1. The van der Waals surface area contributed by atoms with Crippen LogP contribution in [0.25, 0.3) is 0 Å². The molecule has 2 saturated heterocycles. The Morgan fingerprint density at radius 3 is 2.58 bits per heavy atom. The van der Waals surface area contributed by atoms with Crippen LogP contribution in [-0.4, -0.2) is 82.9 Å². The second kappa shape index (κ2) is 11.7. The molecule has 2 heterocycles. The van der Waals surface area contributed by atoms with E-state index in [-0.39, 0.29) is 31.8 Å². The van der Waals surface area contributed by atoms with E-state index >= 15 is 0 Å². The van der Waals surface area contributed by atoms with Crippen LogP contribution in [0.3, 0.4) is 0 Å². The Labute approximate surface area is 191 Å². The minimum Gasteiger partial charge on any atom is -0.508 e. The molecule has 4 N–H and O–H groups in total. The zero-order valence-electron chi connectivity index (χ0n) is 18.3. The molecule has 0 spiro atoms. The maximum Gasteiger partial charge on any atom is 0.303 e. The largest absolute Gasteiger partial charge is 0.508 e. The molecule has 2 aliphatic rings. The van der Waals surface area contributed by atoms with Crippen molar-refractivity contribution in [3.8, 4) is 5.75 Å². The van der Waals surface area contributed by atoms with Gasteiger partial charge in [0.1, 0.15) is 36.5 Å². The summed E-state index contributed by atoms with van der Waals surface area (Å²) in [7, 11) is 0. The number of hydrogen-bond donors (Lipinski definition) is 4. The summed E-state index contributed by atoms with van der Waals surface area (Å²) < 4.78 is 22.8. The molecule has 10 heteroatoms. The molecule has 1 unspecified atom stereocenters. The number of allylic oxidation sites excluding steroid dienone is 2. The maximum absolute atomic E-state index is 11.3. The third kappa shape index (κ3) is 6.59. The number of fused-ring (bicyclic) bond motifs is 1. The van der Waals surface area contributed by atoms with E-state index in [2.05, 4.69) is 0 Å². The highest BCUT2D eigenvalue weighted by molar-refractivity contribution is 5.76. The van der Waals surface area contributed by atoms with E-state index in [0.29, 0.717) is 18.3 Å². The Hall–Kier alpha value is -2.34. The van der Waals surface area contributed by atoms with Crippen molar-refractivity contribution in [2.24, 2.45) is 5.92 Å². The van der Waals surface area contributed by atoms with Crippen molar-refractivity contribution in [2.75, 3.05) is 13.2 Å². The molecule has 0 amide bonds. The first-order valence-electron chi connectivity index (χ1n) is 10.8. The molecule has 10 nitrogen and oxygen atoms in total. The van der Waals surface area contributed by atoms with Crippen molar-refractivity contribution in [2.45, 2.75) is 63.2 Å². The number of rotatable bonds is 10. The predicted octanol–water partition coefficient (Wildman–Crippen LogP) is 0.766. The van der Waals surface area contributed by atoms with Gasteiger partial charge in [0, 0.05) is 12.3 Å². The molecule has 0 aliphatic carbocycles. The number of aldehydes is 1. The van der Waals surface area contributed by atoms with Crippen molar-refractivity contribution >= 4 is 12.3 Å². The van der Waals surface area contributed by atoms with E-state index in [1.54, 1.807) is 37.3 Å². The Morgan fingerprint density at radius 1 is 1.21 bits per heavy atom. The molecule has 2 aliphatic heterocycles. The van der Waals surface area contributed by atoms with Gasteiger partial charge < -0.3 is 39.4 Å². The van der Waals surface area contributed by atoms with Gasteiger partial charge in [-0.25, -0.2) is 0 Å². The fraction of sp³-hybridized carbons (Fsp3) is 0.565. The lowest BCUT2D eigenvalue weighted by Gasteiger charge is -2.46. The molecule has 2 fully saturated rings. The van der Waals surface area contributed by atoms with Gasteiger partial charge in [-0.3, -0.25) is 9.59 Å². The number of carboxylic acid groups (broad SMARTS) is 1. The zero-order chi connectivity index (χ0) is 24.0. The molecular formula is C23H30O10. The second-order valence-corrected chi connectivity index (χ2v) is 8.11. The summed E-state index contributed by atoms with van der Waals surface area (Å²) in [6.07, 6.45) is -3.70. The van der Waals surface area contributed by atoms with Crippen molar-refractivity contribution in [1.82, 2.24) is 0 Å². The van der Waals surface area contributed by atoms with Crippen LogP contribution in [0.5, 0.6) is 5.75 Å². The van der Waals surface area contributed by atoms with Gasteiger partial charge in [-0.2, -0.15) is 0 Å². The highest BCUT2D eigenvalue weighted by atomic mass is 16.8. The van der Waals surface area contributed by atoms with Crippen LogP contribution < -0.4 is 0 Å². The van der Waals surface area contributed by atoms with Gasteiger partial charge in [0.2, 0.25) is 0 Å². The number of aliphatic hydroxyl groups excluding tert-OH is 2. The Morgan fingerprint density at radius 2 is 1.94 bits per heavy atom. The number of aliphatic hydroxyl groups is 2. The number of benzene rings is 1. The first-order valence-corrected chi connectivity index (χ1v) is 10.8. The minimum absolute atomic E-state index is 0.0446. The van der Waals surface area contributed by atoms with E-state index in [4.69, 9.17) is 24.1 Å². The molecule has 0 aromatic heterocycles. The maximum atomic E-state index is 11.3. The van der Waals surface area contributed by atoms with E-state index in [9.17, 15) is 24.9 Å². The Bertz CT molecular complexity index is 821. The van der Waals surface area contributed by atoms with Gasteiger partial charge >= 0.3 is 5.97 Å². The fourth-order valence-corrected chi connectivity index (χ4v) is 4.02. The van der Waals surface area contributed by atoms with E-state index in [0.717, 1.165) is 5.56 Å². The third-order valence-electron chi connectivity index (χ3n) is 5.84. The van der Waals surface area contributed by atoms with Gasteiger partial charge in [-0.05, 0) is 36.6 Å². The molecule has 33 heavy (non-hydrogen) atoms. The van der Waals surface area contributed by atoms with Gasteiger partial charge in [0.15, 0.2) is 12.6 Å². The van der Waals surface area contributed by atoms with Gasteiger partial charge in [-0.15, -0.1) is 0 Å². The van der Waals surface area contributed by atoms with E-state index < -0.39 is 48.9 Å². The van der Waals surface area contributed by atoms with Crippen LogP contribution in [0.1, 0.15) is 25.3 Å². The minimum atomic E-state index is -1.36. The lowest BCUT2D eigenvalue weighted by molar-refractivity contribution is -0.360.